The lowest BCUT2D eigenvalue weighted by molar-refractivity contribution is 2.04. The van der Waals surface area contributed by atoms with Crippen molar-refractivity contribution in [2.45, 2.75) is 0 Å². The molecule has 0 bridgehead atoms. The summed E-state index contributed by atoms with van der Waals surface area (Å²) in [6, 6.07) is 8.01. The van der Waals surface area contributed by atoms with Gasteiger partial charge in [0.1, 0.15) is 9.52 Å². The molecule has 2 heterocycles. The fraction of sp³-hybridized carbons (Fsp3) is 0. The zero-order valence-electron chi connectivity index (χ0n) is 6.38. The van der Waals surface area contributed by atoms with Gasteiger partial charge >= 0.3 is 0 Å². The lowest BCUT2D eigenvalue weighted by Crippen LogP contribution is -2.20. The molecule has 66 valence electrons. The molecule has 5 heteroatoms. The minimum atomic E-state index is 0.687. The first-order chi connectivity index (χ1) is 6.24. The second-order valence-electron chi connectivity index (χ2n) is 2.33. The van der Waals surface area contributed by atoms with Crippen molar-refractivity contribution in [3.8, 4) is 0 Å². The highest BCUT2D eigenvalue weighted by Gasteiger charge is 2.03. The van der Waals surface area contributed by atoms with Crippen LogP contribution in [0.3, 0.4) is 0 Å². The van der Waals surface area contributed by atoms with Crippen LogP contribution in [0, 0.1) is 0 Å². The van der Waals surface area contributed by atoms with Gasteiger partial charge in [0.15, 0.2) is 0 Å². The van der Waals surface area contributed by atoms with Crippen molar-refractivity contribution in [2.75, 3.05) is 0 Å². The maximum Gasteiger partial charge on any atom is 0.149 e. The topological polar surface area (TPSA) is 0 Å². The molecule has 0 N–H and O–H groups in total. The molecule has 0 aliphatic heterocycles. The lowest BCUT2D eigenvalue weighted by Gasteiger charge is -1.88. The number of hydrogen-bond donors (Lipinski definition) is 0. The molecular formula is C8H4Cl2S2Si. The Kier molecular flexibility index (Phi) is 3.11. The summed E-state index contributed by atoms with van der Waals surface area (Å²) < 4.78 is 4.32. The first-order valence-electron chi connectivity index (χ1n) is 3.52. The maximum absolute atomic E-state index is 5.83. The van der Waals surface area contributed by atoms with Crippen LogP contribution in [0.1, 0.15) is 0 Å². The van der Waals surface area contributed by atoms with Gasteiger partial charge in [0.05, 0.1) is 8.67 Å². The van der Waals surface area contributed by atoms with E-state index in [2.05, 4.69) is 12.1 Å². The van der Waals surface area contributed by atoms with E-state index in [1.807, 2.05) is 12.1 Å². The summed E-state index contributed by atoms with van der Waals surface area (Å²) in [6.45, 7) is 0. The highest BCUT2D eigenvalue weighted by Crippen LogP contribution is 2.15. The molecule has 0 aliphatic rings. The van der Waals surface area contributed by atoms with Crippen LogP contribution in [0.4, 0.5) is 0 Å². The molecule has 2 rings (SSSR count). The average Bonchev–Trinajstić information content (AvgIpc) is 2.62. The maximum atomic E-state index is 5.83. The van der Waals surface area contributed by atoms with E-state index in [1.165, 1.54) is 9.00 Å². The predicted molar refractivity (Wildman–Crippen MR) is 63.7 cm³/mol. The summed E-state index contributed by atoms with van der Waals surface area (Å²) in [7, 11) is 0.687. The van der Waals surface area contributed by atoms with E-state index in [4.69, 9.17) is 23.2 Å². The standard InChI is InChI=1S/C8H4Cl2S2Si/c9-5-1-3-7(11-5)13-8-4-2-6(10)12-8/h1-4H. The quantitative estimate of drug-likeness (QED) is 0.731. The second-order valence-corrected chi connectivity index (χ2v) is 7.81. The molecule has 0 unspecified atom stereocenters. The second kappa shape index (κ2) is 4.15. The molecule has 2 aromatic heterocycles. The Morgan fingerprint density at radius 2 is 1.31 bits per heavy atom. The van der Waals surface area contributed by atoms with Gasteiger partial charge in [-0.15, -0.1) is 22.7 Å². The van der Waals surface area contributed by atoms with Crippen LogP contribution in [-0.2, 0) is 0 Å². The molecule has 0 fully saturated rings. The lowest BCUT2D eigenvalue weighted by atomic mass is 10.7. The van der Waals surface area contributed by atoms with E-state index < -0.39 is 0 Å². The summed E-state index contributed by atoms with van der Waals surface area (Å²) in [5, 5.41) is 0. The Hall–Kier alpha value is 0.197. The molecule has 0 saturated heterocycles. The van der Waals surface area contributed by atoms with Crippen molar-refractivity contribution >= 4 is 64.4 Å². The Labute approximate surface area is 97.0 Å². The third-order valence-electron chi connectivity index (χ3n) is 1.39. The summed E-state index contributed by atoms with van der Waals surface area (Å²) in [4.78, 5) is 0. The molecule has 0 amide bonds. The summed E-state index contributed by atoms with van der Waals surface area (Å²) in [6.07, 6.45) is 0. The molecule has 13 heavy (non-hydrogen) atoms. The van der Waals surface area contributed by atoms with Crippen LogP contribution < -0.4 is 9.00 Å². The van der Waals surface area contributed by atoms with Crippen LogP contribution in [0.5, 0.6) is 0 Å². The minimum Gasteiger partial charge on any atom is -0.133 e. The zero-order chi connectivity index (χ0) is 9.26. The van der Waals surface area contributed by atoms with Gasteiger partial charge in [-0.1, -0.05) is 35.3 Å². The van der Waals surface area contributed by atoms with Crippen LogP contribution in [-0.4, -0.2) is 9.52 Å². The molecule has 2 radical (unpaired) electrons. The molecule has 0 saturated carbocycles. The predicted octanol–water partition coefficient (Wildman–Crippen LogP) is 2.77. The van der Waals surface area contributed by atoms with E-state index in [0.717, 1.165) is 8.67 Å². The van der Waals surface area contributed by atoms with Gasteiger partial charge in [-0.05, 0) is 21.1 Å². The minimum absolute atomic E-state index is 0.687. The van der Waals surface area contributed by atoms with Crippen molar-refractivity contribution in [2.24, 2.45) is 0 Å². The third kappa shape index (κ3) is 2.57. The molecule has 0 atom stereocenters. The molecule has 2 aromatic rings. The van der Waals surface area contributed by atoms with Crippen LogP contribution in [0.25, 0.3) is 0 Å². The van der Waals surface area contributed by atoms with E-state index in [-0.39, 0.29) is 0 Å². The third-order valence-corrected chi connectivity index (χ3v) is 5.53. The first-order valence-corrected chi connectivity index (χ1v) is 6.90. The summed E-state index contributed by atoms with van der Waals surface area (Å²) in [5.74, 6) is 0. The van der Waals surface area contributed by atoms with Crippen molar-refractivity contribution in [1.29, 1.82) is 0 Å². The van der Waals surface area contributed by atoms with Crippen LogP contribution >= 0.6 is 45.9 Å². The van der Waals surface area contributed by atoms with Crippen LogP contribution in [0.2, 0.25) is 8.67 Å². The number of thiophene rings is 2. The van der Waals surface area contributed by atoms with Gasteiger partial charge in [0, 0.05) is 0 Å². The fourth-order valence-corrected chi connectivity index (χ4v) is 5.36. The van der Waals surface area contributed by atoms with Crippen LogP contribution in [0.15, 0.2) is 24.3 Å². The first kappa shape index (κ1) is 9.74. The van der Waals surface area contributed by atoms with Gasteiger partial charge in [-0.3, -0.25) is 0 Å². The molecular weight excluding hydrogens is 259 g/mol. The normalized spacial score (nSPS) is 10.6. The zero-order valence-corrected chi connectivity index (χ0v) is 10.5. The van der Waals surface area contributed by atoms with Crippen molar-refractivity contribution < 1.29 is 0 Å². The Morgan fingerprint density at radius 1 is 0.846 bits per heavy atom. The highest BCUT2D eigenvalue weighted by atomic mass is 35.5. The Morgan fingerprint density at radius 3 is 1.62 bits per heavy atom. The molecule has 0 nitrogen and oxygen atoms in total. The number of rotatable bonds is 2. The van der Waals surface area contributed by atoms with E-state index >= 15 is 0 Å². The summed E-state index contributed by atoms with van der Waals surface area (Å²) in [5.41, 5.74) is 0. The molecule has 0 spiro atoms. The van der Waals surface area contributed by atoms with Gasteiger partial charge in [-0.25, -0.2) is 0 Å². The van der Waals surface area contributed by atoms with Gasteiger partial charge in [0.2, 0.25) is 0 Å². The van der Waals surface area contributed by atoms with E-state index in [1.54, 1.807) is 22.7 Å². The average molecular weight is 263 g/mol. The van der Waals surface area contributed by atoms with Crippen molar-refractivity contribution in [1.82, 2.24) is 0 Å². The number of hydrogen-bond acceptors (Lipinski definition) is 2. The number of halogens is 2. The Balaban J connectivity index is 2.14. The Bertz CT molecular complexity index is 369. The largest absolute Gasteiger partial charge is 0.149 e. The molecule has 0 aliphatic carbocycles. The van der Waals surface area contributed by atoms with E-state index in [9.17, 15) is 0 Å². The highest BCUT2D eigenvalue weighted by molar-refractivity contribution is 7.31. The fourth-order valence-electron chi connectivity index (χ4n) is 0.884. The smallest absolute Gasteiger partial charge is 0.133 e. The van der Waals surface area contributed by atoms with Gasteiger partial charge in [0.25, 0.3) is 0 Å². The SMILES string of the molecule is Clc1ccc([Si]c2ccc(Cl)s2)s1. The summed E-state index contributed by atoms with van der Waals surface area (Å²) >= 11 is 14.9. The monoisotopic (exact) mass is 262 g/mol. The van der Waals surface area contributed by atoms with Crippen molar-refractivity contribution in [3.05, 3.63) is 32.9 Å². The van der Waals surface area contributed by atoms with Gasteiger partial charge < -0.3 is 0 Å². The van der Waals surface area contributed by atoms with Gasteiger partial charge in [-0.2, -0.15) is 0 Å². The van der Waals surface area contributed by atoms with Crippen molar-refractivity contribution in [3.63, 3.8) is 0 Å². The van der Waals surface area contributed by atoms with E-state index in [0.29, 0.717) is 9.52 Å². The molecule has 0 aromatic carbocycles.